The molecule has 14 heavy (non-hydrogen) atoms. The molecule has 0 fully saturated rings. The summed E-state index contributed by atoms with van der Waals surface area (Å²) in [5, 5.41) is 9.50. The molecule has 1 aromatic rings. The SMILES string of the molecule is COCc1ccc(CN=C=O)cc1O. The molecular formula is C10H11NO3. The topological polar surface area (TPSA) is 58.9 Å². The van der Waals surface area contributed by atoms with E-state index in [1.807, 2.05) is 0 Å². The Balaban J connectivity index is 2.82. The third-order valence-corrected chi connectivity index (χ3v) is 1.78. The third-order valence-electron chi connectivity index (χ3n) is 1.78. The van der Waals surface area contributed by atoms with Crippen LogP contribution in [-0.4, -0.2) is 18.3 Å². The van der Waals surface area contributed by atoms with E-state index in [2.05, 4.69) is 4.99 Å². The summed E-state index contributed by atoms with van der Waals surface area (Å²) in [7, 11) is 1.56. The van der Waals surface area contributed by atoms with Crippen LogP contribution in [0.4, 0.5) is 0 Å². The van der Waals surface area contributed by atoms with Crippen molar-refractivity contribution < 1.29 is 14.6 Å². The number of hydrogen-bond acceptors (Lipinski definition) is 4. The molecular weight excluding hydrogens is 182 g/mol. The van der Waals surface area contributed by atoms with Crippen LogP contribution < -0.4 is 0 Å². The highest BCUT2D eigenvalue weighted by molar-refractivity contribution is 5.38. The van der Waals surface area contributed by atoms with Crippen molar-refractivity contribution in [3.05, 3.63) is 29.3 Å². The summed E-state index contributed by atoms with van der Waals surface area (Å²) in [5.41, 5.74) is 1.48. The zero-order valence-corrected chi connectivity index (χ0v) is 7.86. The van der Waals surface area contributed by atoms with E-state index in [0.717, 1.165) is 5.56 Å². The van der Waals surface area contributed by atoms with Crippen molar-refractivity contribution in [3.8, 4) is 5.75 Å². The molecule has 0 bridgehead atoms. The fourth-order valence-corrected chi connectivity index (χ4v) is 1.11. The standard InChI is InChI=1S/C10H11NO3/c1-14-6-9-3-2-8(4-10(9)13)5-11-7-12/h2-4,13H,5-6H2,1H3. The Morgan fingerprint density at radius 1 is 1.57 bits per heavy atom. The molecule has 4 heteroatoms. The number of benzene rings is 1. The first-order valence-electron chi connectivity index (χ1n) is 4.11. The molecule has 0 radical (unpaired) electrons. The van der Waals surface area contributed by atoms with Crippen LogP contribution in [0.5, 0.6) is 5.75 Å². The minimum Gasteiger partial charge on any atom is -0.508 e. The molecule has 1 aromatic carbocycles. The maximum atomic E-state index is 9.86. The van der Waals surface area contributed by atoms with Crippen molar-refractivity contribution >= 4 is 6.08 Å². The molecule has 4 nitrogen and oxygen atoms in total. The number of methoxy groups -OCH3 is 1. The van der Waals surface area contributed by atoms with Crippen LogP contribution in [0.15, 0.2) is 23.2 Å². The highest BCUT2D eigenvalue weighted by Crippen LogP contribution is 2.19. The Kier molecular flexibility index (Phi) is 3.85. The van der Waals surface area contributed by atoms with Crippen molar-refractivity contribution in [3.63, 3.8) is 0 Å². The van der Waals surface area contributed by atoms with Crippen molar-refractivity contribution in [1.29, 1.82) is 0 Å². The number of phenolic OH excluding ortho intramolecular Hbond substituents is 1. The van der Waals surface area contributed by atoms with E-state index in [-0.39, 0.29) is 12.3 Å². The second-order valence-electron chi connectivity index (χ2n) is 2.80. The van der Waals surface area contributed by atoms with Gasteiger partial charge < -0.3 is 9.84 Å². The van der Waals surface area contributed by atoms with E-state index in [0.29, 0.717) is 12.2 Å². The second kappa shape index (κ2) is 5.17. The monoisotopic (exact) mass is 193 g/mol. The molecule has 0 heterocycles. The third kappa shape index (κ3) is 2.69. The Bertz CT molecular complexity index is 356. The molecule has 0 aromatic heterocycles. The first-order chi connectivity index (χ1) is 6.77. The number of nitrogens with zero attached hydrogens (tertiary/aromatic N) is 1. The molecule has 1 rings (SSSR count). The summed E-state index contributed by atoms with van der Waals surface area (Å²) in [5.74, 6) is 0.158. The van der Waals surface area contributed by atoms with Gasteiger partial charge in [-0.1, -0.05) is 12.1 Å². The maximum Gasteiger partial charge on any atom is 0.235 e. The number of aliphatic imine (C=N–C) groups is 1. The van der Waals surface area contributed by atoms with E-state index in [9.17, 15) is 9.90 Å². The van der Waals surface area contributed by atoms with Crippen molar-refractivity contribution in [2.45, 2.75) is 13.2 Å². The lowest BCUT2D eigenvalue weighted by Gasteiger charge is -2.04. The average molecular weight is 193 g/mol. The number of rotatable bonds is 4. The predicted molar refractivity (Wildman–Crippen MR) is 50.6 cm³/mol. The minimum absolute atomic E-state index is 0.158. The summed E-state index contributed by atoms with van der Waals surface area (Å²) in [6, 6.07) is 5.10. The minimum atomic E-state index is 0.158. The average Bonchev–Trinajstić information content (AvgIpc) is 2.19. The van der Waals surface area contributed by atoms with E-state index in [1.165, 1.54) is 6.08 Å². The van der Waals surface area contributed by atoms with Gasteiger partial charge in [-0.25, -0.2) is 9.79 Å². The molecule has 0 aliphatic carbocycles. The van der Waals surface area contributed by atoms with Gasteiger partial charge in [0.2, 0.25) is 6.08 Å². The highest BCUT2D eigenvalue weighted by atomic mass is 16.5. The summed E-state index contributed by atoms with van der Waals surface area (Å²) in [4.78, 5) is 13.3. The van der Waals surface area contributed by atoms with Gasteiger partial charge in [0, 0.05) is 12.7 Å². The van der Waals surface area contributed by atoms with E-state index in [1.54, 1.807) is 25.3 Å². The number of phenols is 1. The second-order valence-corrected chi connectivity index (χ2v) is 2.80. The first-order valence-corrected chi connectivity index (χ1v) is 4.11. The predicted octanol–water partition coefficient (Wildman–Crippen LogP) is 1.37. The van der Waals surface area contributed by atoms with Gasteiger partial charge in [-0.3, -0.25) is 0 Å². The first kappa shape index (κ1) is 10.4. The van der Waals surface area contributed by atoms with Gasteiger partial charge in [0.05, 0.1) is 13.2 Å². The Morgan fingerprint density at radius 3 is 2.93 bits per heavy atom. The Morgan fingerprint density at radius 2 is 2.36 bits per heavy atom. The van der Waals surface area contributed by atoms with Gasteiger partial charge in [-0.05, 0) is 11.6 Å². The van der Waals surface area contributed by atoms with Crippen LogP contribution >= 0.6 is 0 Å². The van der Waals surface area contributed by atoms with Crippen LogP contribution in [0.2, 0.25) is 0 Å². The lowest BCUT2D eigenvalue weighted by molar-refractivity contribution is 0.182. The van der Waals surface area contributed by atoms with Gasteiger partial charge in [0.15, 0.2) is 0 Å². The van der Waals surface area contributed by atoms with Crippen LogP contribution in [0.3, 0.4) is 0 Å². The quantitative estimate of drug-likeness (QED) is 0.580. The lowest BCUT2D eigenvalue weighted by Crippen LogP contribution is -1.90. The van der Waals surface area contributed by atoms with Crippen LogP contribution in [-0.2, 0) is 22.7 Å². The van der Waals surface area contributed by atoms with Gasteiger partial charge in [0.25, 0.3) is 0 Å². The van der Waals surface area contributed by atoms with Crippen LogP contribution in [0.25, 0.3) is 0 Å². The van der Waals surface area contributed by atoms with Crippen LogP contribution in [0, 0.1) is 0 Å². The van der Waals surface area contributed by atoms with E-state index < -0.39 is 0 Å². The molecule has 1 N–H and O–H groups in total. The molecule has 0 atom stereocenters. The normalized spacial score (nSPS) is 9.50. The van der Waals surface area contributed by atoms with Gasteiger partial charge in [-0.2, -0.15) is 0 Å². The molecule has 0 unspecified atom stereocenters. The molecule has 0 spiro atoms. The summed E-state index contributed by atoms with van der Waals surface area (Å²) in [6.07, 6.45) is 1.44. The van der Waals surface area contributed by atoms with Gasteiger partial charge in [-0.15, -0.1) is 0 Å². The van der Waals surface area contributed by atoms with Crippen molar-refractivity contribution in [2.24, 2.45) is 4.99 Å². The van der Waals surface area contributed by atoms with Gasteiger partial charge >= 0.3 is 0 Å². The number of hydrogen-bond donors (Lipinski definition) is 1. The summed E-state index contributed by atoms with van der Waals surface area (Å²) in [6.45, 7) is 0.605. The number of carbonyl (C=O) groups excluding carboxylic acids is 1. The summed E-state index contributed by atoms with van der Waals surface area (Å²) >= 11 is 0. The van der Waals surface area contributed by atoms with E-state index in [4.69, 9.17) is 4.74 Å². The number of ether oxygens (including phenoxy) is 1. The Hall–Kier alpha value is -1.64. The van der Waals surface area contributed by atoms with Crippen molar-refractivity contribution in [1.82, 2.24) is 0 Å². The highest BCUT2D eigenvalue weighted by Gasteiger charge is 2.01. The van der Waals surface area contributed by atoms with Crippen molar-refractivity contribution in [2.75, 3.05) is 7.11 Å². The fourth-order valence-electron chi connectivity index (χ4n) is 1.11. The van der Waals surface area contributed by atoms with Gasteiger partial charge in [0.1, 0.15) is 5.75 Å². The maximum absolute atomic E-state index is 9.86. The fraction of sp³-hybridized carbons (Fsp3) is 0.300. The lowest BCUT2D eigenvalue weighted by atomic mass is 10.1. The molecule has 0 aliphatic heterocycles. The van der Waals surface area contributed by atoms with E-state index >= 15 is 0 Å². The zero-order valence-electron chi connectivity index (χ0n) is 7.86. The zero-order chi connectivity index (χ0) is 10.4. The number of aromatic hydroxyl groups is 1. The largest absolute Gasteiger partial charge is 0.508 e. The molecule has 0 amide bonds. The molecule has 0 saturated carbocycles. The molecule has 74 valence electrons. The molecule has 0 aliphatic rings. The number of isocyanates is 1. The molecule has 0 saturated heterocycles. The Labute approximate surface area is 81.9 Å². The summed E-state index contributed by atoms with van der Waals surface area (Å²) < 4.78 is 4.88. The smallest absolute Gasteiger partial charge is 0.235 e. The van der Waals surface area contributed by atoms with Crippen LogP contribution in [0.1, 0.15) is 11.1 Å².